The Morgan fingerprint density at radius 2 is 1.53 bits per heavy atom. The largest absolute Gasteiger partial charge is 0.489 e. The monoisotopic (exact) mass is 449 g/mol. The van der Waals surface area contributed by atoms with Crippen LogP contribution in [0.3, 0.4) is 0 Å². The molecule has 1 atom stereocenters. The SMILES string of the molecule is CN1Cc2ccc(OCc3ccc(-c4ccccc4)cc3)cc2[C@@H](OC(=O)c2ccccc2)C1. The zero-order valence-corrected chi connectivity index (χ0v) is 19.2. The first-order chi connectivity index (χ1) is 16.7. The summed E-state index contributed by atoms with van der Waals surface area (Å²) in [4.78, 5) is 14.8. The average molecular weight is 450 g/mol. The van der Waals surface area contributed by atoms with Crippen molar-refractivity contribution in [3.8, 4) is 16.9 Å². The van der Waals surface area contributed by atoms with Crippen LogP contribution < -0.4 is 4.74 Å². The molecule has 170 valence electrons. The molecule has 0 saturated heterocycles. The molecule has 0 aliphatic carbocycles. The number of benzene rings is 4. The molecule has 0 spiro atoms. The molecule has 1 heterocycles. The molecule has 5 rings (SSSR count). The molecular weight excluding hydrogens is 422 g/mol. The van der Waals surface area contributed by atoms with Gasteiger partial charge in [0.05, 0.1) is 5.56 Å². The van der Waals surface area contributed by atoms with Crippen LogP contribution in [0.1, 0.15) is 33.2 Å². The summed E-state index contributed by atoms with van der Waals surface area (Å²) in [6.45, 7) is 1.94. The number of fused-ring (bicyclic) bond motifs is 1. The Balaban J connectivity index is 1.29. The quantitative estimate of drug-likeness (QED) is 0.325. The fourth-order valence-electron chi connectivity index (χ4n) is 4.31. The third-order valence-electron chi connectivity index (χ3n) is 6.11. The van der Waals surface area contributed by atoms with Gasteiger partial charge < -0.3 is 9.47 Å². The fourth-order valence-corrected chi connectivity index (χ4v) is 4.31. The Morgan fingerprint density at radius 1 is 0.853 bits per heavy atom. The second kappa shape index (κ2) is 9.94. The van der Waals surface area contributed by atoms with E-state index in [1.807, 2.05) is 55.6 Å². The van der Waals surface area contributed by atoms with E-state index in [9.17, 15) is 4.79 Å². The summed E-state index contributed by atoms with van der Waals surface area (Å²) in [6.07, 6.45) is -0.338. The van der Waals surface area contributed by atoms with E-state index in [2.05, 4.69) is 47.4 Å². The molecule has 4 heteroatoms. The molecule has 0 aromatic heterocycles. The maximum absolute atomic E-state index is 12.7. The van der Waals surface area contributed by atoms with Gasteiger partial charge in [0, 0.05) is 18.7 Å². The predicted molar refractivity (Wildman–Crippen MR) is 134 cm³/mol. The summed E-state index contributed by atoms with van der Waals surface area (Å²) in [6, 6.07) is 34.0. The molecule has 0 unspecified atom stereocenters. The molecule has 34 heavy (non-hydrogen) atoms. The van der Waals surface area contributed by atoms with Crippen LogP contribution in [0.5, 0.6) is 5.75 Å². The van der Waals surface area contributed by atoms with E-state index in [0.29, 0.717) is 18.7 Å². The van der Waals surface area contributed by atoms with Gasteiger partial charge in [-0.05, 0) is 53.6 Å². The first-order valence-corrected chi connectivity index (χ1v) is 11.5. The summed E-state index contributed by atoms with van der Waals surface area (Å²) in [5, 5.41) is 0. The zero-order chi connectivity index (χ0) is 23.3. The number of hydrogen-bond acceptors (Lipinski definition) is 4. The maximum Gasteiger partial charge on any atom is 0.338 e. The van der Waals surface area contributed by atoms with Gasteiger partial charge in [0.15, 0.2) is 0 Å². The topological polar surface area (TPSA) is 38.8 Å². The van der Waals surface area contributed by atoms with Crippen molar-refractivity contribution in [1.29, 1.82) is 0 Å². The lowest BCUT2D eigenvalue weighted by Crippen LogP contribution is -2.32. The molecule has 1 aliphatic heterocycles. The second-order valence-corrected chi connectivity index (χ2v) is 8.67. The van der Waals surface area contributed by atoms with Gasteiger partial charge in [-0.25, -0.2) is 4.79 Å². The summed E-state index contributed by atoms with van der Waals surface area (Å²) < 4.78 is 12.0. The van der Waals surface area contributed by atoms with Crippen LogP contribution in [0.15, 0.2) is 103 Å². The number of carbonyl (C=O) groups is 1. The van der Waals surface area contributed by atoms with Crippen molar-refractivity contribution in [2.45, 2.75) is 19.3 Å². The van der Waals surface area contributed by atoms with Gasteiger partial charge in [-0.2, -0.15) is 0 Å². The molecule has 1 aliphatic rings. The Hall–Kier alpha value is -3.89. The van der Waals surface area contributed by atoms with Crippen molar-refractivity contribution < 1.29 is 14.3 Å². The van der Waals surface area contributed by atoms with Gasteiger partial charge >= 0.3 is 5.97 Å². The van der Waals surface area contributed by atoms with E-state index in [1.54, 1.807) is 12.1 Å². The van der Waals surface area contributed by atoms with E-state index < -0.39 is 0 Å². The van der Waals surface area contributed by atoms with Crippen LogP contribution in [-0.4, -0.2) is 24.5 Å². The highest BCUT2D eigenvalue weighted by Gasteiger charge is 2.27. The fraction of sp³-hybridized carbons (Fsp3) is 0.167. The third-order valence-corrected chi connectivity index (χ3v) is 6.11. The maximum atomic E-state index is 12.7. The minimum Gasteiger partial charge on any atom is -0.489 e. The lowest BCUT2D eigenvalue weighted by molar-refractivity contribution is 0.0171. The molecule has 0 radical (unpaired) electrons. The van der Waals surface area contributed by atoms with E-state index in [4.69, 9.17) is 9.47 Å². The number of carbonyl (C=O) groups excluding carboxylic acids is 1. The molecular formula is C30H27NO3. The van der Waals surface area contributed by atoms with Crippen LogP contribution in [-0.2, 0) is 17.9 Å². The van der Waals surface area contributed by atoms with E-state index in [1.165, 1.54) is 11.1 Å². The molecule has 0 amide bonds. The van der Waals surface area contributed by atoms with Crippen molar-refractivity contribution in [2.75, 3.05) is 13.6 Å². The summed E-state index contributed by atoms with van der Waals surface area (Å²) in [5.74, 6) is 0.466. The van der Waals surface area contributed by atoms with Crippen LogP contribution >= 0.6 is 0 Å². The predicted octanol–water partition coefficient (Wildman–Crippen LogP) is 6.28. The van der Waals surface area contributed by atoms with Gasteiger partial charge in [-0.1, -0.05) is 78.9 Å². The Labute approximate surface area is 200 Å². The molecule has 0 N–H and O–H groups in total. The normalized spacial score (nSPS) is 15.4. The van der Waals surface area contributed by atoms with Crippen molar-refractivity contribution in [1.82, 2.24) is 4.90 Å². The van der Waals surface area contributed by atoms with Gasteiger partial charge in [0.2, 0.25) is 0 Å². The second-order valence-electron chi connectivity index (χ2n) is 8.67. The van der Waals surface area contributed by atoms with E-state index in [0.717, 1.165) is 29.0 Å². The van der Waals surface area contributed by atoms with Crippen LogP contribution in [0.25, 0.3) is 11.1 Å². The van der Waals surface area contributed by atoms with Crippen LogP contribution in [0.4, 0.5) is 0 Å². The standard InChI is InChI=1S/C30H27NO3/c1-31-19-26-16-17-27(18-28(26)29(20-31)34-30(32)25-10-6-3-7-11-25)33-21-22-12-14-24(15-13-22)23-8-4-2-5-9-23/h2-18,29H,19-21H2,1H3/t29-/m0/s1. The summed E-state index contributed by atoms with van der Waals surface area (Å²) in [7, 11) is 2.04. The number of hydrogen-bond donors (Lipinski definition) is 0. The van der Waals surface area contributed by atoms with Crippen molar-refractivity contribution >= 4 is 5.97 Å². The number of nitrogens with zero attached hydrogens (tertiary/aromatic N) is 1. The first kappa shape index (κ1) is 21.9. The van der Waals surface area contributed by atoms with Gasteiger partial charge in [-0.3, -0.25) is 4.90 Å². The van der Waals surface area contributed by atoms with Crippen molar-refractivity contribution in [2.24, 2.45) is 0 Å². The minimum absolute atomic E-state index is 0.309. The number of esters is 1. The van der Waals surface area contributed by atoms with E-state index >= 15 is 0 Å². The third kappa shape index (κ3) is 5.03. The Bertz CT molecular complexity index is 1250. The number of ether oxygens (including phenoxy) is 2. The highest BCUT2D eigenvalue weighted by atomic mass is 16.5. The van der Waals surface area contributed by atoms with Gasteiger partial charge in [0.25, 0.3) is 0 Å². The summed E-state index contributed by atoms with van der Waals surface area (Å²) >= 11 is 0. The lowest BCUT2D eigenvalue weighted by atomic mass is 9.97. The first-order valence-electron chi connectivity index (χ1n) is 11.5. The minimum atomic E-state index is -0.338. The molecule has 0 fully saturated rings. The molecule has 4 aromatic carbocycles. The highest BCUT2D eigenvalue weighted by Crippen LogP contribution is 2.32. The van der Waals surface area contributed by atoms with Crippen molar-refractivity contribution in [3.63, 3.8) is 0 Å². The molecule has 4 aromatic rings. The Kier molecular flexibility index (Phi) is 6.41. The van der Waals surface area contributed by atoms with Gasteiger partial charge in [0.1, 0.15) is 18.5 Å². The average Bonchev–Trinajstić information content (AvgIpc) is 2.89. The molecule has 0 bridgehead atoms. The lowest BCUT2D eigenvalue weighted by Gasteiger charge is -2.32. The number of likely N-dealkylation sites (N-methyl/N-ethyl adjacent to an activating group) is 1. The smallest absolute Gasteiger partial charge is 0.338 e. The summed E-state index contributed by atoms with van der Waals surface area (Å²) in [5.41, 5.74) is 6.21. The van der Waals surface area contributed by atoms with Gasteiger partial charge in [-0.15, -0.1) is 0 Å². The number of rotatable bonds is 6. The van der Waals surface area contributed by atoms with Crippen molar-refractivity contribution in [3.05, 3.63) is 125 Å². The van der Waals surface area contributed by atoms with E-state index in [-0.39, 0.29) is 12.1 Å². The highest BCUT2D eigenvalue weighted by molar-refractivity contribution is 5.89. The molecule has 4 nitrogen and oxygen atoms in total. The Morgan fingerprint density at radius 3 is 2.26 bits per heavy atom. The van der Waals surface area contributed by atoms with Crippen LogP contribution in [0, 0.1) is 0 Å². The molecule has 0 saturated carbocycles. The zero-order valence-electron chi connectivity index (χ0n) is 19.2. The van der Waals surface area contributed by atoms with Crippen LogP contribution in [0.2, 0.25) is 0 Å².